The molecule has 0 aromatic heterocycles. The number of benzene rings is 1. The number of hydrogen-bond acceptors (Lipinski definition) is 8. The number of hydroxylamine groups is 2. The second-order valence-electron chi connectivity index (χ2n) is 5.63. The highest BCUT2D eigenvalue weighted by molar-refractivity contribution is 7.89. The van der Waals surface area contributed by atoms with Gasteiger partial charge in [-0.2, -0.15) is 9.79 Å². The molecule has 1 fully saturated rings. The molecule has 0 aliphatic carbocycles. The summed E-state index contributed by atoms with van der Waals surface area (Å²) < 4.78 is 37.2. The van der Waals surface area contributed by atoms with Crippen LogP contribution >= 0.6 is 0 Å². The number of hydrogen-bond donors (Lipinski definition) is 3. The number of amides is 1. The van der Waals surface area contributed by atoms with Crippen LogP contribution in [0.25, 0.3) is 0 Å². The molecule has 1 unspecified atom stereocenters. The highest BCUT2D eigenvalue weighted by Crippen LogP contribution is 2.27. The molecular formula is C15H23N3O7S. The van der Waals surface area contributed by atoms with E-state index in [9.17, 15) is 13.2 Å². The lowest BCUT2D eigenvalue weighted by molar-refractivity contribution is -0.132. The summed E-state index contributed by atoms with van der Waals surface area (Å²) in [4.78, 5) is 16.7. The highest BCUT2D eigenvalue weighted by atomic mass is 32.2. The number of sulfonamides is 1. The van der Waals surface area contributed by atoms with Gasteiger partial charge in [0.05, 0.1) is 18.6 Å². The SMILES string of the molecule is COCCOc1ccc(S(=O)(=O)N2CC(NOC)C[C@@H]2C(=O)NO)cc1. The smallest absolute Gasteiger partial charge is 0.261 e. The highest BCUT2D eigenvalue weighted by Gasteiger charge is 2.44. The van der Waals surface area contributed by atoms with E-state index < -0.39 is 22.0 Å². The van der Waals surface area contributed by atoms with Crippen LogP contribution in [0, 0.1) is 0 Å². The standard InChI is InChI=1S/C15H23N3O7S/c1-23-7-8-25-12-3-5-13(6-4-12)26(21,22)18-10-11(17-24-2)9-14(18)15(19)16-20/h3-6,11,14,17,20H,7-10H2,1-2H3,(H,16,19)/t11?,14-/m1/s1. The Morgan fingerprint density at radius 1 is 1.27 bits per heavy atom. The fourth-order valence-corrected chi connectivity index (χ4v) is 4.37. The van der Waals surface area contributed by atoms with Crippen LogP contribution in [0.5, 0.6) is 5.75 Å². The Hall–Kier alpha value is -1.76. The van der Waals surface area contributed by atoms with E-state index in [4.69, 9.17) is 19.5 Å². The summed E-state index contributed by atoms with van der Waals surface area (Å²) in [5.74, 6) is -0.292. The van der Waals surface area contributed by atoms with Gasteiger partial charge in [-0.3, -0.25) is 10.0 Å². The van der Waals surface area contributed by atoms with Gasteiger partial charge in [-0.15, -0.1) is 0 Å². The Kier molecular flexibility index (Phi) is 7.32. The molecule has 3 N–H and O–H groups in total. The molecule has 1 aromatic rings. The van der Waals surface area contributed by atoms with Gasteiger partial charge in [0.2, 0.25) is 10.0 Å². The van der Waals surface area contributed by atoms with E-state index in [0.717, 1.165) is 4.31 Å². The number of nitrogens with zero attached hydrogens (tertiary/aromatic N) is 1. The average Bonchev–Trinajstić information content (AvgIpc) is 3.07. The first-order valence-corrected chi connectivity index (χ1v) is 9.34. The summed E-state index contributed by atoms with van der Waals surface area (Å²) in [5, 5.41) is 8.91. The minimum absolute atomic E-state index is 0.0189. The van der Waals surface area contributed by atoms with Crippen molar-refractivity contribution in [3.63, 3.8) is 0 Å². The van der Waals surface area contributed by atoms with E-state index in [1.54, 1.807) is 7.11 Å². The number of methoxy groups -OCH3 is 1. The van der Waals surface area contributed by atoms with Crippen LogP contribution in [-0.2, 0) is 24.4 Å². The first-order valence-electron chi connectivity index (χ1n) is 7.90. The largest absolute Gasteiger partial charge is 0.491 e. The van der Waals surface area contributed by atoms with E-state index in [-0.39, 0.29) is 23.9 Å². The lowest BCUT2D eigenvalue weighted by Gasteiger charge is -2.22. The summed E-state index contributed by atoms with van der Waals surface area (Å²) in [6.45, 7) is 0.790. The molecule has 1 heterocycles. The molecule has 10 nitrogen and oxygen atoms in total. The molecular weight excluding hydrogens is 366 g/mol. The molecule has 0 saturated carbocycles. The van der Waals surface area contributed by atoms with Crippen molar-refractivity contribution in [2.75, 3.05) is 34.0 Å². The number of carbonyl (C=O) groups is 1. The van der Waals surface area contributed by atoms with Crippen molar-refractivity contribution in [3.05, 3.63) is 24.3 Å². The van der Waals surface area contributed by atoms with Gasteiger partial charge in [0.1, 0.15) is 18.4 Å². The van der Waals surface area contributed by atoms with Gasteiger partial charge in [0, 0.05) is 19.7 Å². The van der Waals surface area contributed by atoms with Gasteiger partial charge >= 0.3 is 0 Å². The Balaban J connectivity index is 2.19. The van der Waals surface area contributed by atoms with Crippen molar-refractivity contribution < 1.29 is 32.7 Å². The van der Waals surface area contributed by atoms with Crippen molar-refractivity contribution in [2.45, 2.75) is 23.4 Å². The molecule has 0 radical (unpaired) electrons. The maximum Gasteiger partial charge on any atom is 0.261 e. The second kappa shape index (κ2) is 9.26. The third-order valence-corrected chi connectivity index (χ3v) is 5.83. The fraction of sp³-hybridized carbons (Fsp3) is 0.533. The summed E-state index contributed by atoms with van der Waals surface area (Å²) >= 11 is 0. The normalized spacial score (nSPS) is 20.9. The van der Waals surface area contributed by atoms with Crippen LogP contribution in [0.4, 0.5) is 0 Å². The van der Waals surface area contributed by atoms with E-state index in [1.165, 1.54) is 36.9 Å². The number of rotatable bonds is 9. The number of ether oxygens (including phenoxy) is 2. The molecule has 2 rings (SSSR count). The van der Waals surface area contributed by atoms with Crippen LogP contribution in [-0.4, -0.2) is 69.9 Å². The van der Waals surface area contributed by atoms with Crippen molar-refractivity contribution >= 4 is 15.9 Å². The monoisotopic (exact) mass is 389 g/mol. The maximum absolute atomic E-state index is 12.9. The molecule has 1 aliphatic heterocycles. The lowest BCUT2D eigenvalue weighted by Crippen LogP contribution is -2.45. The Morgan fingerprint density at radius 2 is 1.96 bits per heavy atom. The third-order valence-electron chi connectivity index (χ3n) is 3.94. The molecule has 26 heavy (non-hydrogen) atoms. The maximum atomic E-state index is 12.9. The third kappa shape index (κ3) is 4.69. The van der Waals surface area contributed by atoms with Gasteiger partial charge in [0.15, 0.2) is 0 Å². The van der Waals surface area contributed by atoms with Gasteiger partial charge < -0.3 is 14.3 Å². The first-order chi connectivity index (χ1) is 12.4. The molecule has 0 spiro atoms. The molecule has 2 atom stereocenters. The molecule has 1 aliphatic rings. The van der Waals surface area contributed by atoms with Crippen molar-refractivity contribution in [1.82, 2.24) is 15.3 Å². The summed E-state index contributed by atoms with van der Waals surface area (Å²) in [6, 6.07) is 4.45. The Bertz CT molecular complexity index is 696. The second-order valence-corrected chi connectivity index (χ2v) is 7.52. The molecule has 1 aromatic carbocycles. The van der Waals surface area contributed by atoms with Gasteiger partial charge in [-0.25, -0.2) is 13.9 Å². The van der Waals surface area contributed by atoms with E-state index >= 15 is 0 Å². The lowest BCUT2D eigenvalue weighted by atomic mass is 10.2. The number of nitrogens with one attached hydrogen (secondary N) is 2. The molecule has 1 saturated heterocycles. The molecule has 0 bridgehead atoms. The van der Waals surface area contributed by atoms with E-state index in [0.29, 0.717) is 19.0 Å². The van der Waals surface area contributed by atoms with Crippen LogP contribution in [0.3, 0.4) is 0 Å². The summed E-state index contributed by atoms with van der Waals surface area (Å²) in [7, 11) is -0.992. The zero-order valence-corrected chi connectivity index (χ0v) is 15.4. The Morgan fingerprint density at radius 3 is 2.54 bits per heavy atom. The summed E-state index contributed by atoms with van der Waals surface area (Å²) in [5.41, 5.74) is 4.16. The van der Waals surface area contributed by atoms with Gasteiger partial charge in [0.25, 0.3) is 5.91 Å². The first kappa shape index (κ1) is 20.6. The molecule has 11 heteroatoms. The summed E-state index contributed by atoms with van der Waals surface area (Å²) in [6.07, 6.45) is 0.164. The quantitative estimate of drug-likeness (QED) is 0.293. The van der Waals surface area contributed by atoms with Crippen molar-refractivity contribution in [1.29, 1.82) is 0 Å². The minimum atomic E-state index is -3.95. The minimum Gasteiger partial charge on any atom is -0.491 e. The van der Waals surface area contributed by atoms with Crippen molar-refractivity contribution in [2.24, 2.45) is 0 Å². The average molecular weight is 389 g/mol. The zero-order chi connectivity index (χ0) is 19.2. The van der Waals surface area contributed by atoms with Crippen LogP contribution < -0.4 is 15.7 Å². The van der Waals surface area contributed by atoms with Crippen LogP contribution in [0.15, 0.2) is 29.2 Å². The van der Waals surface area contributed by atoms with Crippen molar-refractivity contribution in [3.8, 4) is 5.75 Å². The van der Waals surface area contributed by atoms with Gasteiger partial charge in [-0.1, -0.05) is 0 Å². The van der Waals surface area contributed by atoms with E-state index in [2.05, 4.69) is 5.48 Å². The van der Waals surface area contributed by atoms with E-state index in [1.807, 2.05) is 0 Å². The number of carbonyl (C=O) groups excluding carboxylic acids is 1. The topological polar surface area (TPSA) is 126 Å². The Labute approximate surface area is 152 Å². The van der Waals surface area contributed by atoms with Crippen LogP contribution in [0.1, 0.15) is 6.42 Å². The fourth-order valence-electron chi connectivity index (χ4n) is 2.72. The predicted octanol–water partition coefficient (Wildman–Crippen LogP) is -0.500. The predicted molar refractivity (Wildman–Crippen MR) is 90.0 cm³/mol. The van der Waals surface area contributed by atoms with Crippen LogP contribution in [0.2, 0.25) is 0 Å². The molecule has 1 amide bonds. The van der Waals surface area contributed by atoms with Gasteiger partial charge in [-0.05, 0) is 30.7 Å². The zero-order valence-electron chi connectivity index (χ0n) is 14.5. The molecule has 146 valence electrons.